The Balaban J connectivity index is 1.56. The smallest absolute Gasteiger partial charge is 0.161 e. The van der Waals surface area contributed by atoms with Gasteiger partial charge in [0.25, 0.3) is 0 Å². The first-order valence-electron chi connectivity index (χ1n) is 8.95. The van der Waals surface area contributed by atoms with Crippen molar-refractivity contribution in [2.24, 2.45) is 0 Å². The van der Waals surface area contributed by atoms with Gasteiger partial charge in [-0.25, -0.2) is 9.97 Å². The molecule has 5 rings (SSSR count). The Hall–Kier alpha value is -3.41. The fraction of sp³-hybridized carbons (Fsp3) is 0.190. The van der Waals surface area contributed by atoms with Crippen molar-refractivity contribution in [1.82, 2.24) is 20.2 Å². The van der Waals surface area contributed by atoms with Crippen LogP contribution in [0.5, 0.6) is 5.75 Å². The Bertz CT molecular complexity index is 1130. The van der Waals surface area contributed by atoms with Gasteiger partial charge in [-0.3, -0.25) is 5.10 Å². The zero-order valence-electron chi connectivity index (χ0n) is 14.9. The number of H-pyrrole nitrogens is 1. The van der Waals surface area contributed by atoms with Crippen LogP contribution in [0.3, 0.4) is 0 Å². The first-order chi connectivity index (χ1) is 13.2. The maximum absolute atomic E-state index is 6.34. The van der Waals surface area contributed by atoms with E-state index in [-0.39, 0.29) is 5.92 Å². The van der Waals surface area contributed by atoms with Crippen LogP contribution in [-0.2, 0) is 12.8 Å². The molecule has 6 heteroatoms. The minimum Gasteiger partial charge on any atom is -0.497 e. The van der Waals surface area contributed by atoms with Crippen LogP contribution in [0.25, 0.3) is 22.3 Å². The molecule has 0 bridgehead atoms. The highest BCUT2D eigenvalue weighted by Gasteiger charge is 2.26. The Morgan fingerprint density at radius 1 is 1.04 bits per heavy atom. The third kappa shape index (κ3) is 2.61. The normalized spacial score (nSPS) is 13.8. The third-order valence-corrected chi connectivity index (χ3v) is 5.22. The number of nitrogen functional groups attached to an aromatic ring is 1. The molecule has 6 nitrogen and oxygen atoms in total. The van der Waals surface area contributed by atoms with Gasteiger partial charge in [0.1, 0.15) is 23.1 Å². The topological polar surface area (TPSA) is 89.7 Å². The van der Waals surface area contributed by atoms with Gasteiger partial charge in [-0.05, 0) is 36.1 Å². The molecule has 0 fully saturated rings. The largest absolute Gasteiger partial charge is 0.497 e. The van der Waals surface area contributed by atoms with Crippen LogP contribution in [0.4, 0.5) is 5.82 Å². The lowest BCUT2D eigenvalue weighted by molar-refractivity contribution is 0.415. The summed E-state index contributed by atoms with van der Waals surface area (Å²) in [4.78, 5) is 9.39. The molecular weight excluding hydrogens is 338 g/mol. The highest BCUT2D eigenvalue weighted by Crippen LogP contribution is 2.35. The van der Waals surface area contributed by atoms with E-state index >= 15 is 0 Å². The average Bonchev–Trinajstić information content (AvgIpc) is 3.32. The molecule has 27 heavy (non-hydrogen) atoms. The number of hydrogen-bond acceptors (Lipinski definition) is 5. The molecule has 0 unspecified atom stereocenters. The highest BCUT2D eigenvalue weighted by molar-refractivity contribution is 5.98. The molecule has 2 aromatic heterocycles. The number of nitrogens with two attached hydrogens (primary N) is 1. The maximum atomic E-state index is 6.34. The summed E-state index contributed by atoms with van der Waals surface area (Å²) in [5.74, 6) is 2.25. The lowest BCUT2D eigenvalue weighted by atomic mass is 10.0. The van der Waals surface area contributed by atoms with Gasteiger partial charge in [0.2, 0.25) is 0 Å². The molecule has 4 aromatic rings. The molecule has 0 spiro atoms. The first-order valence-corrected chi connectivity index (χ1v) is 8.95. The SMILES string of the molecule is COc1cccc(-c2n[nH]c3nc(C4Cc5ccccc5C4)nc(N)c23)c1. The highest BCUT2D eigenvalue weighted by atomic mass is 16.5. The zero-order valence-corrected chi connectivity index (χ0v) is 14.9. The van der Waals surface area contributed by atoms with Crippen LogP contribution in [0.15, 0.2) is 48.5 Å². The summed E-state index contributed by atoms with van der Waals surface area (Å²) < 4.78 is 5.31. The molecule has 1 aliphatic carbocycles. The van der Waals surface area contributed by atoms with Crippen molar-refractivity contribution in [3.63, 3.8) is 0 Å². The summed E-state index contributed by atoms with van der Waals surface area (Å²) in [6.07, 6.45) is 1.88. The minimum absolute atomic E-state index is 0.248. The molecule has 0 radical (unpaired) electrons. The van der Waals surface area contributed by atoms with Crippen LogP contribution < -0.4 is 10.5 Å². The summed E-state index contributed by atoms with van der Waals surface area (Å²) in [5, 5.41) is 8.23. The summed E-state index contributed by atoms with van der Waals surface area (Å²) in [5.41, 5.74) is 11.4. The van der Waals surface area contributed by atoms with E-state index in [9.17, 15) is 0 Å². The van der Waals surface area contributed by atoms with E-state index in [1.54, 1.807) is 7.11 Å². The van der Waals surface area contributed by atoms with Gasteiger partial charge in [-0.2, -0.15) is 5.10 Å². The number of methoxy groups -OCH3 is 1. The van der Waals surface area contributed by atoms with Crippen molar-refractivity contribution in [1.29, 1.82) is 0 Å². The van der Waals surface area contributed by atoms with Gasteiger partial charge in [0, 0.05) is 11.5 Å². The second-order valence-corrected chi connectivity index (χ2v) is 6.87. The van der Waals surface area contributed by atoms with E-state index in [1.165, 1.54) is 11.1 Å². The summed E-state index contributed by atoms with van der Waals surface area (Å²) in [6, 6.07) is 16.2. The van der Waals surface area contributed by atoms with Gasteiger partial charge in [0.05, 0.1) is 12.5 Å². The lowest BCUT2D eigenvalue weighted by Gasteiger charge is -2.09. The van der Waals surface area contributed by atoms with Crippen molar-refractivity contribution < 1.29 is 4.74 Å². The number of benzene rings is 2. The predicted molar refractivity (Wildman–Crippen MR) is 105 cm³/mol. The molecule has 2 heterocycles. The van der Waals surface area contributed by atoms with Gasteiger partial charge >= 0.3 is 0 Å². The average molecular weight is 357 g/mol. The van der Waals surface area contributed by atoms with Gasteiger partial charge in [-0.15, -0.1) is 0 Å². The van der Waals surface area contributed by atoms with E-state index in [0.717, 1.165) is 41.1 Å². The number of anilines is 1. The van der Waals surface area contributed by atoms with Crippen molar-refractivity contribution in [3.05, 3.63) is 65.5 Å². The Morgan fingerprint density at radius 2 is 1.81 bits per heavy atom. The van der Waals surface area contributed by atoms with E-state index in [2.05, 4.69) is 39.4 Å². The fourth-order valence-electron chi connectivity index (χ4n) is 3.88. The van der Waals surface area contributed by atoms with Crippen LogP contribution >= 0.6 is 0 Å². The molecule has 3 N–H and O–H groups in total. The summed E-state index contributed by atoms with van der Waals surface area (Å²) >= 11 is 0. The molecule has 0 aliphatic heterocycles. The molecule has 0 saturated carbocycles. The number of aromatic amines is 1. The molecule has 0 saturated heterocycles. The molecule has 134 valence electrons. The van der Waals surface area contributed by atoms with Crippen molar-refractivity contribution in [2.75, 3.05) is 12.8 Å². The van der Waals surface area contributed by atoms with Crippen molar-refractivity contribution >= 4 is 16.9 Å². The molecule has 2 aromatic carbocycles. The lowest BCUT2D eigenvalue weighted by Crippen LogP contribution is -2.07. The number of nitrogens with zero attached hydrogens (tertiary/aromatic N) is 3. The van der Waals surface area contributed by atoms with E-state index < -0.39 is 0 Å². The van der Waals surface area contributed by atoms with E-state index in [0.29, 0.717) is 11.5 Å². The third-order valence-electron chi connectivity index (χ3n) is 5.22. The second kappa shape index (κ2) is 6.09. The van der Waals surface area contributed by atoms with Crippen LogP contribution in [-0.4, -0.2) is 27.3 Å². The van der Waals surface area contributed by atoms with Gasteiger partial charge in [-0.1, -0.05) is 36.4 Å². The van der Waals surface area contributed by atoms with Crippen LogP contribution in [0, 0.1) is 0 Å². The van der Waals surface area contributed by atoms with Crippen LogP contribution in [0.2, 0.25) is 0 Å². The van der Waals surface area contributed by atoms with Crippen molar-refractivity contribution in [2.45, 2.75) is 18.8 Å². The fourth-order valence-corrected chi connectivity index (χ4v) is 3.88. The molecule has 1 aliphatic rings. The number of hydrogen-bond donors (Lipinski definition) is 2. The standard InChI is InChI=1S/C21H19N5O/c1-27-16-8-4-7-14(11-16)18-17-19(22)23-20(24-21(17)26-25-18)15-9-12-5-2-3-6-13(12)10-15/h2-8,11,15H,9-10H2,1H3,(H3,22,23,24,25,26). The Kier molecular flexibility index (Phi) is 3.57. The van der Waals surface area contributed by atoms with Gasteiger partial charge in [0.15, 0.2) is 5.65 Å². The van der Waals surface area contributed by atoms with E-state index in [1.807, 2.05) is 24.3 Å². The second-order valence-electron chi connectivity index (χ2n) is 6.87. The van der Waals surface area contributed by atoms with E-state index in [4.69, 9.17) is 15.5 Å². The summed E-state index contributed by atoms with van der Waals surface area (Å²) in [6.45, 7) is 0. The predicted octanol–water partition coefficient (Wildman–Crippen LogP) is 3.49. The Labute approximate surface area is 156 Å². The number of fused-ring (bicyclic) bond motifs is 2. The van der Waals surface area contributed by atoms with Crippen molar-refractivity contribution in [3.8, 4) is 17.0 Å². The number of ether oxygens (including phenoxy) is 1. The number of aromatic nitrogens is 4. The zero-order chi connectivity index (χ0) is 18.4. The quantitative estimate of drug-likeness (QED) is 0.586. The first kappa shape index (κ1) is 15.8. The summed E-state index contributed by atoms with van der Waals surface area (Å²) in [7, 11) is 1.64. The number of rotatable bonds is 3. The maximum Gasteiger partial charge on any atom is 0.161 e. The monoisotopic (exact) mass is 357 g/mol. The van der Waals surface area contributed by atoms with Gasteiger partial charge < -0.3 is 10.5 Å². The molecular formula is C21H19N5O. The minimum atomic E-state index is 0.248. The Morgan fingerprint density at radius 3 is 2.56 bits per heavy atom. The van der Waals surface area contributed by atoms with Crippen LogP contribution in [0.1, 0.15) is 22.9 Å². The molecule has 0 atom stereocenters. The number of nitrogens with one attached hydrogen (secondary N) is 1. The molecule has 0 amide bonds.